The molecule has 0 unspecified atom stereocenters. The highest BCUT2D eigenvalue weighted by Crippen LogP contribution is 2.35. The van der Waals surface area contributed by atoms with Gasteiger partial charge in [0.25, 0.3) is 0 Å². The normalized spacial score (nSPS) is 15.8. The number of carbonyl (C=O) groups excluding carboxylic acids is 1. The quantitative estimate of drug-likeness (QED) is 0.118. The maximum atomic E-state index is 15.8. The number of halogens is 1. The van der Waals surface area contributed by atoms with E-state index in [-0.39, 0.29) is 17.9 Å². The molecular formula is C46H52FN9O2. The van der Waals surface area contributed by atoms with Crippen molar-refractivity contribution in [1.29, 1.82) is 0 Å². The fourth-order valence-electron chi connectivity index (χ4n) is 8.26. The van der Waals surface area contributed by atoms with Crippen molar-refractivity contribution in [2.75, 3.05) is 42.9 Å². The number of hydrogen-bond donors (Lipinski definition) is 3. The summed E-state index contributed by atoms with van der Waals surface area (Å²) in [4.78, 5) is 26.7. The Labute approximate surface area is 339 Å². The third-order valence-corrected chi connectivity index (χ3v) is 11.8. The van der Waals surface area contributed by atoms with Gasteiger partial charge in [0, 0.05) is 65.7 Å². The van der Waals surface area contributed by atoms with Crippen LogP contribution < -0.4 is 15.5 Å². The number of carbonyl (C=O) groups is 1. The van der Waals surface area contributed by atoms with Crippen LogP contribution >= 0.6 is 0 Å². The van der Waals surface area contributed by atoms with Crippen LogP contribution in [0.4, 0.5) is 15.8 Å². The lowest BCUT2D eigenvalue weighted by Gasteiger charge is -2.38. The fraction of sp³-hybridized carbons (Fsp3) is 0.370. The van der Waals surface area contributed by atoms with E-state index in [1.54, 1.807) is 12.3 Å². The second-order valence-corrected chi connectivity index (χ2v) is 16.8. The Balaban J connectivity index is 0.861. The van der Waals surface area contributed by atoms with Gasteiger partial charge >= 0.3 is 11.8 Å². The van der Waals surface area contributed by atoms with Crippen LogP contribution in [0.2, 0.25) is 0 Å². The van der Waals surface area contributed by atoms with Crippen LogP contribution in [0.15, 0.2) is 90.2 Å². The average molecular weight is 782 g/mol. The first-order valence-corrected chi connectivity index (χ1v) is 20.3. The highest BCUT2D eigenvalue weighted by molar-refractivity contribution is 5.93. The molecule has 58 heavy (non-hydrogen) atoms. The molecule has 6 aromatic rings. The predicted molar refractivity (Wildman–Crippen MR) is 227 cm³/mol. The van der Waals surface area contributed by atoms with Crippen molar-refractivity contribution in [1.82, 2.24) is 35.5 Å². The van der Waals surface area contributed by atoms with Crippen molar-refractivity contribution >= 4 is 28.3 Å². The summed E-state index contributed by atoms with van der Waals surface area (Å²) < 4.78 is 20.9. The molecule has 0 bridgehead atoms. The van der Waals surface area contributed by atoms with E-state index >= 15 is 4.39 Å². The van der Waals surface area contributed by atoms with E-state index in [1.165, 1.54) is 49.5 Å². The number of aromatic amines is 1. The topological polar surface area (TPSA) is 128 Å². The molecule has 3 N–H and O–H groups in total. The minimum absolute atomic E-state index is 0.102. The Morgan fingerprint density at radius 2 is 1.72 bits per heavy atom. The van der Waals surface area contributed by atoms with Gasteiger partial charge in [-0.15, -0.1) is 0 Å². The first-order valence-electron chi connectivity index (χ1n) is 20.3. The summed E-state index contributed by atoms with van der Waals surface area (Å²) in [7, 11) is 0. The Kier molecular flexibility index (Phi) is 11.1. The number of pyridine rings is 1. The maximum absolute atomic E-state index is 15.8. The third kappa shape index (κ3) is 8.52. The van der Waals surface area contributed by atoms with Crippen molar-refractivity contribution in [3.63, 3.8) is 0 Å². The van der Waals surface area contributed by atoms with Gasteiger partial charge in [-0.3, -0.25) is 9.89 Å². The van der Waals surface area contributed by atoms with Crippen LogP contribution in [-0.4, -0.2) is 68.9 Å². The second-order valence-electron chi connectivity index (χ2n) is 16.8. The molecule has 2 aliphatic heterocycles. The number of piperidine rings is 2. The molecule has 0 atom stereocenters. The number of likely N-dealkylation sites (tertiary alicyclic amines) is 1. The molecular weight excluding hydrogens is 730 g/mol. The number of aryl methyl sites for hydroxylation is 1. The number of fused-ring (bicyclic) bond motifs is 1. The molecule has 0 aliphatic carbocycles. The Morgan fingerprint density at radius 1 is 0.983 bits per heavy atom. The first kappa shape index (κ1) is 39.0. The number of hydrogen-bond acceptors (Lipinski definition) is 9. The fourth-order valence-corrected chi connectivity index (χ4v) is 8.26. The van der Waals surface area contributed by atoms with Gasteiger partial charge in [0.2, 0.25) is 0 Å². The summed E-state index contributed by atoms with van der Waals surface area (Å²) in [5.41, 5.74) is 8.29. The van der Waals surface area contributed by atoms with Crippen molar-refractivity contribution < 1.29 is 13.7 Å². The van der Waals surface area contributed by atoms with Crippen molar-refractivity contribution in [3.05, 3.63) is 120 Å². The van der Waals surface area contributed by atoms with Crippen molar-refractivity contribution in [2.45, 2.75) is 71.3 Å². The number of aromatic nitrogens is 5. The van der Waals surface area contributed by atoms with E-state index in [0.29, 0.717) is 34.2 Å². The van der Waals surface area contributed by atoms with Crippen LogP contribution in [0.5, 0.6) is 0 Å². The van der Waals surface area contributed by atoms with E-state index in [1.807, 2.05) is 40.0 Å². The molecule has 0 saturated carbocycles. The van der Waals surface area contributed by atoms with Crippen LogP contribution in [0.1, 0.15) is 85.6 Å². The Morgan fingerprint density at radius 3 is 2.41 bits per heavy atom. The smallest absolute Gasteiger partial charge is 0.315 e. The molecule has 0 radical (unpaired) electrons. The average Bonchev–Trinajstić information content (AvgIpc) is 3.91. The molecule has 0 spiro atoms. The lowest BCUT2D eigenvalue weighted by atomic mass is 9.87. The summed E-state index contributed by atoms with van der Waals surface area (Å²) >= 11 is 0. The minimum Gasteiger partial charge on any atom is -0.372 e. The predicted octanol–water partition coefficient (Wildman–Crippen LogP) is 9.00. The first-order chi connectivity index (χ1) is 28.0. The van der Waals surface area contributed by atoms with Gasteiger partial charge in [0.15, 0.2) is 11.5 Å². The summed E-state index contributed by atoms with van der Waals surface area (Å²) in [5.74, 6) is 0.676. The zero-order chi connectivity index (χ0) is 40.4. The van der Waals surface area contributed by atoms with Crippen LogP contribution in [0, 0.1) is 18.7 Å². The van der Waals surface area contributed by atoms with Crippen LogP contribution in [-0.2, 0) is 12.0 Å². The van der Waals surface area contributed by atoms with Gasteiger partial charge < -0.3 is 25.0 Å². The van der Waals surface area contributed by atoms with Gasteiger partial charge in [0.05, 0.1) is 5.69 Å². The molecule has 8 rings (SSSR count). The van der Waals surface area contributed by atoms with Crippen LogP contribution in [0.25, 0.3) is 33.4 Å². The van der Waals surface area contributed by atoms with Crippen molar-refractivity contribution in [3.8, 4) is 22.4 Å². The summed E-state index contributed by atoms with van der Waals surface area (Å²) in [5, 5.41) is 18.0. The number of nitrogens with zero attached hydrogens (tertiary/aromatic N) is 6. The maximum Gasteiger partial charge on any atom is 0.315 e. The Bertz CT molecular complexity index is 2380. The summed E-state index contributed by atoms with van der Waals surface area (Å²) in [6, 6.07) is 22.8. The molecule has 5 heterocycles. The van der Waals surface area contributed by atoms with Gasteiger partial charge in [-0.1, -0.05) is 56.8 Å². The summed E-state index contributed by atoms with van der Waals surface area (Å²) in [6.45, 7) is 17.2. The van der Waals surface area contributed by atoms with E-state index in [4.69, 9.17) is 4.52 Å². The highest BCUT2D eigenvalue weighted by atomic mass is 19.1. The molecule has 12 heteroatoms. The number of nitrogens with one attached hydrogen (secondary N) is 3. The van der Waals surface area contributed by atoms with Gasteiger partial charge in [-0.05, 0) is 128 Å². The van der Waals surface area contributed by atoms with E-state index in [2.05, 4.69) is 101 Å². The summed E-state index contributed by atoms with van der Waals surface area (Å²) in [6.07, 6.45) is 8.34. The number of anilines is 2. The molecule has 300 valence electrons. The third-order valence-electron chi connectivity index (χ3n) is 11.8. The molecule has 2 saturated heterocycles. The minimum atomic E-state index is -0.512. The zero-order valence-electron chi connectivity index (χ0n) is 33.8. The zero-order valence-corrected chi connectivity index (χ0v) is 33.8. The molecule has 3 aromatic heterocycles. The molecule has 2 aliphatic rings. The Hall–Kier alpha value is -5.88. The molecule has 1 amide bonds. The standard InChI is InChI=1S/C46H52FN9O2/c1-6-48-36-11-13-37(14-12-36)56-21-15-30(16-22-56)28-55-19-17-33(18-20-55)31-7-9-32(10-8-31)35-24-39-41(52-53-42(39)49-27-35)38-23-29(2)34(25-40(38)47)26-50-43(57)44-51-45(54-58-44)46(3,4)5/h6-14,23-25,27,30,33,48H,1,15-22,26,28H2,2-5H3,(H,50,57)(H,49,52,53). The molecule has 2 fully saturated rings. The highest BCUT2D eigenvalue weighted by Gasteiger charge is 2.27. The number of H-pyrrole nitrogens is 1. The largest absolute Gasteiger partial charge is 0.372 e. The molecule has 11 nitrogen and oxygen atoms in total. The van der Waals surface area contributed by atoms with Gasteiger partial charge in [-0.2, -0.15) is 10.1 Å². The van der Waals surface area contributed by atoms with Crippen LogP contribution in [0.3, 0.4) is 0 Å². The van der Waals surface area contributed by atoms with E-state index < -0.39 is 11.7 Å². The van der Waals surface area contributed by atoms with Crippen molar-refractivity contribution in [2.24, 2.45) is 5.92 Å². The number of rotatable bonds is 11. The van der Waals surface area contributed by atoms with E-state index in [0.717, 1.165) is 59.9 Å². The van der Waals surface area contributed by atoms with Gasteiger partial charge in [-0.25, -0.2) is 9.37 Å². The SMILES string of the molecule is C=CNc1ccc(N2CCC(CN3CCC(c4ccc(-c5cnc6n[nH]c(-c7cc(C)c(CNC(=O)c8nc(C(C)(C)C)no8)cc7F)c6c5)cc4)CC3)CC2)cc1. The number of amides is 1. The number of benzene rings is 3. The lowest BCUT2D eigenvalue weighted by molar-refractivity contribution is 0.0906. The second kappa shape index (κ2) is 16.5. The van der Waals surface area contributed by atoms with E-state index in [9.17, 15) is 4.79 Å². The van der Waals surface area contributed by atoms with Gasteiger partial charge in [0.1, 0.15) is 5.82 Å². The lowest BCUT2D eigenvalue weighted by Crippen LogP contribution is -2.41. The monoisotopic (exact) mass is 781 g/mol. The molecule has 3 aromatic carbocycles.